The van der Waals surface area contributed by atoms with E-state index in [0.717, 1.165) is 42.3 Å². The number of rotatable bonds is 4. The highest BCUT2D eigenvalue weighted by Crippen LogP contribution is 2.29. The van der Waals surface area contributed by atoms with Crippen LogP contribution in [0, 0.1) is 5.92 Å². The summed E-state index contributed by atoms with van der Waals surface area (Å²) in [5, 5.41) is 4.09. The Morgan fingerprint density at radius 1 is 1.27 bits per heavy atom. The van der Waals surface area contributed by atoms with Crippen LogP contribution < -0.4 is 5.32 Å². The number of pyridine rings is 1. The summed E-state index contributed by atoms with van der Waals surface area (Å²) in [6.07, 6.45) is 5.90. The zero-order chi connectivity index (χ0) is 15.4. The number of nitrogens with zero attached hydrogens (tertiary/aromatic N) is 1. The molecule has 2 unspecified atom stereocenters. The zero-order valence-corrected chi connectivity index (χ0v) is 12.9. The quantitative estimate of drug-likeness (QED) is 0.934. The third-order valence-corrected chi connectivity index (χ3v) is 4.31. The Bertz CT molecular complexity index is 649. The first-order chi connectivity index (χ1) is 10.8. The van der Waals surface area contributed by atoms with E-state index >= 15 is 0 Å². The number of fused-ring (bicyclic) bond motifs is 1. The predicted octanol–water partition coefficient (Wildman–Crippen LogP) is 3.77. The van der Waals surface area contributed by atoms with Gasteiger partial charge in [0.1, 0.15) is 0 Å². The molecule has 116 valence electrons. The van der Waals surface area contributed by atoms with E-state index in [1.165, 1.54) is 0 Å². The van der Waals surface area contributed by atoms with Gasteiger partial charge < -0.3 is 10.1 Å². The third kappa shape index (κ3) is 3.12. The van der Waals surface area contributed by atoms with Crippen molar-refractivity contribution in [3.63, 3.8) is 0 Å². The lowest BCUT2D eigenvalue weighted by molar-refractivity contribution is -0.127. The first-order valence-electron chi connectivity index (χ1n) is 8.06. The van der Waals surface area contributed by atoms with Gasteiger partial charge in [0.2, 0.25) is 5.91 Å². The SMILES string of the molecule is CCOC1CCCCC1C(=O)Nc1cccc2cccnc12. The molecule has 1 N–H and O–H groups in total. The second-order valence-corrected chi connectivity index (χ2v) is 5.75. The topological polar surface area (TPSA) is 51.2 Å². The number of nitrogens with one attached hydrogen (secondary N) is 1. The number of amides is 1. The summed E-state index contributed by atoms with van der Waals surface area (Å²) in [5.74, 6) is -0.0102. The molecule has 0 bridgehead atoms. The maximum atomic E-state index is 12.7. The summed E-state index contributed by atoms with van der Waals surface area (Å²) < 4.78 is 5.77. The number of carbonyl (C=O) groups excluding carboxylic acids is 1. The number of carbonyl (C=O) groups is 1. The maximum Gasteiger partial charge on any atom is 0.230 e. The fourth-order valence-electron chi connectivity index (χ4n) is 3.24. The standard InChI is InChI=1S/C18H22N2O2/c1-2-22-16-11-4-3-9-14(16)18(21)20-15-10-5-7-13-8-6-12-19-17(13)15/h5-8,10,12,14,16H,2-4,9,11H2,1H3,(H,20,21). The van der Waals surface area contributed by atoms with Crippen molar-refractivity contribution in [3.05, 3.63) is 36.5 Å². The van der Waals surface area contributed by atoms with Crippen LogP contribution in [0.1, 0.15) is 32.6 Å². The van der Waals surface area contributed by atoms with Crippen LogP contribution in [0.15, 0.2) is 36.5 Å². The second-order valence-electron chi connectivity index (χ2n) is 5.75. The summed E-state index contributed by atoms with van der Waals surface area (Å²) in [4.78, 5) is 17.1. The van der Waals surface area contributed by atoms with E-state index in [-0.39, 0.29) is 17.9 Å². The van der Waals surface area contributed by atoms with E-state index in [4.69, 9.17) is 4.74 Å². The van der Waals surface area contributed by atoms with Gasteiger partial charge in [0.25, 0.3) is 0 Å². The Hall–Kier alpha value is -1.94. The van der Waals surface area contributed by atoms with Crippen LogP contribution in [0.2, 0.25) is 0 Å². The molecular formula is C18H22N2O2. The molecule has 22 heavy (non-hydrogen) atoms. The van der Waals surface area contributed by atoms with Crippen molar-refractivity contribution < 1.29 is 9.53 Å². The molecule has 0 saturated heterocycles. The van der Waals surface area contributed by atoms with Gasteiger partial charge in [-0.2, -0.15) is 0 Å². The molecular weight excluding hydrogens is 276 g/mol. The predicted molar refractivity (Wildman–Crippen MR) is 87.7 cm³/mol. The van der Waals surface area contributed by atoms with Gasteiger partial charge >= 0.3 is 0 Å². The Morgan fingerprint density at radius 3 is 2.95 bits per heavy atom. The molecule has 2 atom stereocenters. The number of anilines is 1. The highest BCUT2D eigenvalue weighted by Gasteiger charge is 2.31. The molecule has 2 aromatic rings. The summed E-state index contributed by atoms with van der Waals surface area (Å²) >= 11 is 0. The maximum absolute atomic E-state index is 12.7. The van der Waals surface area contributed by atoms with Crippen molar-refractivity contribution in [2.24, 2.45) is 5.92 Å². The highest BCUT2D eigenvalue weighted by molar-refractivity contribution is 6.01. The van der Waals surface area contributed by atoms with Crippen LogP contribution in [-0.4, -0.2) is 23.6 Å². The lowest BCUT2D eigenvalue weighted by Gasteiger charge is -2.30. The van der Waals surface area contributed by atoms with Crippen molar-refractivity contribution in [2.75, 3.05) is 11.9 Å². The summed E-state index contributed by atoms with van der Waals surface area (Å²) in [5.41, 5.74) is 1.62. The molecule has 4 nitrogen and oxygen atoms in total. The molecule has 1 fully saturated rings. The van der Waals surface area contributed by atoms with Crippen LogP contribution in [0.5, 0.6) is 0 Å². The average molecular weight is 298 g/mol. The number of benzene rings is 1. The van der Waals surface area contributed by atoms with Gasteiger partial charge in [-0.15, -0.1) is 0 Å². The fraction of sp³-hybridized carbons (Fsp3) is 0.444. The second kappa shape index (κ2) is 6.88. The Morgan fingerprint density at radius 2 is 2.09 bits per heavy atom. The molecule has 1 saturated carbocycles. The molecule has 4 heteroatoms. The lowest BCUT2D eigenvalue weighted by atomic mass is 9.85. The van der Waals surface area contributed by atoms with E-state index < -0.39 is 0 Å². The normalized spacial score (nSPS) is 21.7. The lowest BCUT2D eigenvalue weighted by Crippen LogP contribution is -2.37. The van der Waals surface area contributed by atoms with Gasteiger partial charge in [-0.25, -0.2) is 0 Å². The Balaban J connectivity index is 1.80. The number of ether oxygens (including phenoxy) is 1. The summed E-state index contributed by atoms with van der Waals surface area (Å²) in [6, 6.07) is 9.76. The molecule has 0 spiro atoms. The van der Waals surface area contributed by atoms with Crippen LogP contribution in [0.4, 0.5) is 5.69 Å². The van der Waals surface area contributed by atoms with Crippen molar-refractivity contribution in [2.45, 2.75) is 38.7 Å². The van der Waals surface area contributed by atoms with Gasteiger partial charge in [-0.05, 0) is 31.9 Å². The Labute approximate surface area is 130 Å². The minimum Gasteiger partial charge on any atom is -0.378 e. The number of hydrogen-bond acceptors (Lipinski definition) is 3. The van der Waals surface area contributed by atoms with Gasteiger partial charge in [0.05, 0.1) is 23.2 Å². The number of para-hydroxylation sites is 1. The van der Waals surface area contributed by atoms with Crippen molar-refractivity contribution >= 4 is 22.5 Å². The van der Waals surface area contributed by atoms with E-state index in [1.807, 2.05) is 37.3 Å². The summed E-state index contributed by atoms with van der Waals surface area (Å²) in [6.45, 7) is 2.64. The first kappa shape index (κ1) is 15.0. The van der Waals surface area contributed by atoms with E-state index in [0.29, 0.717) is 6.61 Å². The van der Waals surface area contributed by atoms with E-state index in [1.54, 1.807) is 6.20 Å². The first-order valence-corrected chi connectivity index (χ1v) is 8.06. The largest absolute Gasteiger partial charge is 0.378 e. The number of aromatic nitrogens is 1. The monoisotopic (exact) mass is 298 g/mol. The van der Waals surface area contributed by atoms with E-state index in [9.17, 15) is 4.79 Å². The molecule has 1 aromatic heterocycles. The zero-order valence-electron chi connectivity index (χ0n) is 12.9. The van der Waals surface area contributed by atoms with Crippen LogP contribution in [0.3, 0.4) is 0 Å². The van der Waals surface area contributed by atoms with Crippen molar-refractivity contribution in [1.82, 2.24) is 4.98 Å². The minimum absolute atomic E-state index is 0.0432. The molecule has 0 aliphatic heterocycles. The van der Waals surface area contributed by atoms with Gasteiger partial charge in [-0.3, -0.25) is 9.78 Å². The highest BCUT2D eigenvalue weighted by atomic mass is 16.5. The molecule has 1 aromatic carbocycles. The van der Waals surface area contributed by atoms with Gasteiger partial charge in [0.15, 0.2) is 0 Å². The van der Waals surface area contributed by atoms with Crippen molar-refractivity contribution in [1.29, 1.82) is 0 Å². The minimum atomic E-state index is -0.0623. The van der Waals surface area contributed by atoms with Crippen LogP contribution >= 0.6 is 0 Å². The smallest absolute Gasteiger partial charge is 0.230 e. The summed E-state index contributed by atoms with van der Waals surface area (Å²) in [7, 11) is 0. The van der Waals surface area contributed by atoms with E-state index in [2.05, 4.69) is 10.3 Å². The molecule has 1 heterocycles. The number of hydrogen-bond donors (Lipinski definition) is 1. The molecule has 1 aliphatic rings. The average Bonchev–Trinajstić information content (AvgIpc) is 2.56. The molecule has 1 aliphatic carbocycles. The third-order valence-electron chi connectivity index (χ3n) is 4.31. The molecule has 1 amide bonds. The van der Waals surface area contributed by atoms with Crippen LogP contribution in [0.25, 0.3) is 10.9 Å². The fourth-order valence-corrected chi connectivity index (χ4v) is 3.24. The molecule has 3 rings (SSSR count). The van der Waals surface area contributed by atoms with Gasteiger partial charge in [-0.1, -0.05) is 31.0 Å². The Kier molecular flexibility index (Phi) is 4.68. The van der Waals surface area contributed by atoms with Crippen molar-refractivity contribution in [3.8, 4) is 0 Å². The van der Waals surface area contributed by atoms with Gasteiger partial charge in [0, 0.05) is 18.2 Å². The molecule has 0 radical (unpaired) electrons. The van der Waals surface area contributed by atoms with Crippen LogP contribution in [-0.2, 0) is 9.53 Å².